The standard InChI is InChI=1S/C10H7N5/c1-3-7(11-5-1)10-13-8-4-2-6-12-9(8)14-15-10/h1-6,11H. The molecule has 0 aliphatic carbocycles. The van der Waals surface area contributed by atoms with Crippen molar-refractivity contribution < 1.29 is 0 Å². The summed E-state index contributed by atoms with van der Waals surface area (Å²) in [5.41, 5.74) is 2.16. The summed E-state index contributed by atoms with van der Waals surface area (Å²) in [4.78, 5) is 11.4. The number of aromatic nitrogens is 5. The molecule has 3 aromatic rings. The lowest BCUT2D eigenvalue weighted by molar-refractivity contribution is 1.00. The highest BCUT2D eigenvalue weighted by molar-refractivity contribution is 5.70. The first-order valence-electron chi connectivity index (χ1n) is 4.53. The second kappa shape index (κ2) is 3.13. The molecule has 0 fully saturated rings. The van der Waals surface area contributed by atoms with Crippen LogP contribution in [0.3, 0.4) is 0 Å². The maximum Gasteiger partial charge on any atom is 0.200 e. The van der Waals surface area contributed by atoms with Gasteiger partial charge in [0.05, 0.1) is 5.69 Å². The monoisotopic (exact) mass is 197 g/mol. The number of nitrogens with zero attached hydrogens (tertiary/aromatic N) is 4. The fraction of sp³-hybridized carbons (Fsp3) is 0. The van der Waals surface area contributed by atoms with Gasteiger partial charge in [-0.1, -0.05) is 0 Å². The predicted octanol–water partition coefficient (Wildman–Crippen LogP) is 1.41. The highest BCUT2D eigenvalue weighted by Crippen LogP contribution is 2.12. The minimum Gasteiger partial charge on any atom is -0.359 e. The van der Waals surface area contributed by atoms with Crippen LogP contribution in [0.25, 0.3) is 22.7 Å². The van der Waals surface area contributed by atoms with Crippen LogP contribution >= 0.6 is 0 Å². The third kappa shape index (κ3) is 1.34. The van der Waals surface area contributed by atoms with Gasteiger partial charge in [-0.2, -0.15) is 0 Å². The van der Waals surface area contributed by atoms with E-state index in [9.17, 15) is 0 Å². The maximum absolute atomic E-state index is 4.35. The van der Waals surface area contributed by atoms with Crippen molar-refractivity contribution in [3.05, 3.63) is 36.7 Å². The number of rotatable bonds is 1. The molecule has 5 nitrogen and oxygen atoms in total. The lowest BCUT2D eigenvalue weighted by atomic mass is 10.4. The van der Waals surface area contributed by atoms with Crippen molar-refractivity contribution in [1.29, 1.82) is 0 Å². The van der Waals surface area contributed by atoms with Crippen LogP contribution < -0.4 is 0 Å². The Labute approximate surface area is 85.2 Å². The molecular formula is C10H7N5. The highest BCUT2D eigenvalue weighted by atomic mass is 15.2. The summed E-state index contributed by atoms with van der Waals surface area (Å²) >= 11 is 0. The van der Waals surface area contributed by atoms with Crippen molar-refractivity contribution in [3.63, 3.8) is 0 Å². The Kier molecular flexibility index (Phi) is 1.68. The van der Waals surface area contributed by atoms with E-state index in [0.717, 1.165) is 11.2 Å². The molecule has 1 N–H and O–H groups in total. The Balaban J connectivity index is 2.22. The number of H-pyrrole nitrogens is 1. The van der Waals surface area contributed by atoms with Crippen molar-refractivity contribution in [3.8, 4) is 11.5 Å². The summed E-state index contributed by atoms with van der Waals surface area (Å²) in [5, 5.41) is 7.99. The molecule has 3 heterocycles. The topological polar surface area (TPSA) is 67.3 Å². The van der Waals surface area contributed by atoms with Gasteiger partial charge >= 0.3 is 0 Å². The first-order chi connectivity index (χ1) is 7.43. The van der Waals surface area contributed by atoms with Crippen molar-refractivity contribution >= 4 is 11.2 Å². The Hall–Kier alpha value is -2.30. The number of hydrogen-bond donors (Lipinski definition) is 1. The molecule has 0 saturated carbocycles. The van der Waals surface area contributed by atoms with Gasteiger partial charge in [0.15, 0.2) is 11.5 Å². The van der Waals surface area contributed by atoms with Gasteiger partial charge in [-0.15, -0.1) is 10.2 Å². The minimum absolute atomic E-state index is 0.563. The van der Waals surface area contributed by atoms with Crippen LogP contribution in [0.1, 0.15) is 0 Å². The summed E-state index contributed by atoms with van der Waals surface area (Å²) in [6.45, 7) is 0. The lowest BCUT2D eigenvalue weighted by Crippen LogP contribution is -1.95. The molecule has 0 atom stereocenters. The molecule has 0 aliphatic rings. The Morgan fingerprint density at radius 2 is 2.07 bits per heavy atom. The van der Waals surface area contributed by atoms with Gasteiger partial charge in [0, 0.05) is 12.4 Å². The fourth-order valence-corrected chi connectivity index (χ4v) is 1.37. The van der Waals surface area contributed by atoms with E-state index in [4.69, 9.17) is 0 Å². The minimum atomic E-state index is 0.563. The molecule has 0 saturated heterocycles. The molecule has 72 valence electrons. The first kappa shape index (κ1) is 8.05. The molecular weight excluding hydrogens is 190 g/mol. The quantitative estimate of drug-likeness (QED) is 0.640. The van der Waals surface area contributed by atoms with Crippen molar-refractivity contribution in [2.75, 3.05) is 0 Å². The van der Waals surface area contributed by atoms with E-state index >= 15 is 0 Å². The van der Waals surface area contributed by atoms with Crippen molar-refractivity contribution in [2.24, 2.45) is 0 Å². The second-order valence-electron chi connectivity index (χ2n) is 3.07. The van der Waals surface area contributed by atoms with E-state index in [2.05, 4.69) is 25.1 Å². The molecule has 0 unspecified atom stereocenters. The number of aromatic amines is 1. The Bertz CT molecular complexity index is 588. The number of fused-ring (bicyclic) bond motifs is 1. The second-order valence-corrected chi connectivity index (χ2v) is 3.07. The van der Waals surface area contributed by atoms with E-state index in [0.29, 0.717) is 11.5 Å². The van der Waals surface area contributed by atoms with E-state index < -0.39 is 0 Å². The maximum atomic E-state index is 4.35. The molecule has 0 amide bonds. The molecule has 3 aromatic heterocycles. The average molecular weight is 197 g/mol. The lowest BCUT2D eigenvalue weighted by Gasteiger charge is -1.97. The molecule has 0 bridgehead atoms. The molecule has 0 aliphatic heterocycles. The summed E-state index contributed by atoms with van der Waals surface area (Å²) in [6.07, 6.45) is 3.50. The number of nitrogens with one attached hydrogen (secondary N) is 1. The van der Waals surface area contributed by atoms with Crippen LogP contribution in [0.2, 0.25) is 0 Å². The van der Waals surface area contributed by atoms with Gasteiger partial charge in [-0.25, -0.2) is 9.97 Å². The molecule has 15 heavy (non-hydrogen) atoms. The summed E-state index contributed by atoms with van der Waals surface area (Å²) in [7, 11) is 0. The van der Waals surface area contributed by atoms with E-state index in [1.54, 1.807) is 6.20 Å². The van der Waals surface area contributed by atoms with Gasteiger partial charge in [0.25, 0.3) is 0 Å². The SMILES string of the molecule is c1c[nH]c(-c2nnc3ncccc3n2)c1. The van der Waals surface area contributed by atoms with Crippen LogP contribution in [-0.4, -0.2) is 25.1 Å². The highest BCUT2D eigenvalue weighted by Gasteiger charge is 2.04. The Morgan fingerprint density at radius 1 is 1.07 bits per heavy atom. The molecule has 0 aromatic carbocycles. The zero-order valence-electron chi connectivity index (χ0n) is 7.75. The number of pyridine rings is 1. The van der Waals surface area contributed by atoms with Crippen LogP contribution in [0.5, 0.6) is 0 Å². The van der Waals surface area contributed by atoms with Gasteiger partial charge < -0.3 is 4.98 Å². The molecule has 0 radical (unpaired) electrons. The predicted molar refractivity (Wildman–Crippen MR) is 54.9 cm³/mol. The van der Waals surface area contributed by atoms with Gasteiger partial charge in [0.1, 0.15) is 5.52 Å². The first-order valence-corrected chi connectivity index (χ1v) is 4.53. The molecule has 0 spiro atoms. The number of hydrogen-bond acceptors (Lipinski definition) is 4. The Morgan fingerprint density at radius 3 is 2.93 bits per heavy atom. The normalized spacial score (nSPS) is 10.7. The van der Waals surface area contributed by atoms with Crippen LogP contribution in [0, 0.1) is 0 Å². The largest absolute Gasteiger partial charge is 0.359 e. The van der Waals surface area contributed by atoms with Gasteiger partial charge in [-0.05, 0) is 24.3 Å². The summed E-state index contributed by atoms with van der Waals surface area (Å²) < 4.78 is 0. The fourth-order valence-electron chi connectivity index (χ4n) is 1.37. The summed E-state index contributed by atoms with van der Waals surface area (Å²) in [5.74, 6) is 0.584. The van der Waals surface area contributed by atoms with E-state index in [1.165, 1.54) is 0 Å². The third-order valence-electron chi connectivity index (χ3n) is 2.07. The smallest absolute Gasteiger partial charge is 0.200 e. The van der Waals surface area contributed by atoms with Crippen molar-refractivity contribution in [1.82, 2.24) is 25.1 Å². The average Bonchev–Trinajstić information content (AvgIpc) is 2.82. The van der Waals surface area contributed by atoms with Crippen LogP contribution in [0.15, 0.2) is 36.7 Å². The van der Waals surface area contributed by atoms with Crippen molar-refractivity contribution in [2.45, 2.75) is 0 Å². The van der Waals surface area contributed by atoms with Crippen LogP contribution in [-0.2, 0) is 0 Å². The molecule has 3 rings (SSSR count). The zero-order chi connectivity index (χ0) is 10.1. The van der Waals surface area contributed by atoms with Crippen LogP contribution in [0.4, 0.5) is 0 Å². The van der Waals surface area contributed by atoms with Gasteiger partial charge in [-0.3, -0.25) is 0 Å². The van der Waals surface area contributed by atoms with E-state index in [1.807, 2.05) is 30.5 Å². The van der Waals surface area contributed by atoms with E-state index in [-0.39, 0.29) is 0 Å². The van der Waals surface area contributed by atoms with Gasteiger partial charge in [0.2, 0.25) is 0 Å². The molecule has 5 heteroatoms. The zero-order valence-corrected chi connectivity index (χ0v) is 7.75. The third-order valence-corrected chi connectivity index (χ3v) is 2.07. The summed E-state index contributed by atoms with van der Waals surface area (Å²) in [6, 6.07) is 7.49.